The van der Waals surface area contributed by atoms with Crippen LogP contribution in [0.5, 0.6) is 0 Å². The highest BCUT2D eigenvalue weighted by atomic mass is 31.2. The first-order valence-corrected chi connectivity index (χ1v) is 4.76. The second kappa shape index (κ2) is 3.89. The van der Waals surface area contributed by atoms with Crippen LogP contribution in [0.25, 0.3) is 0 Å². The van der Waals surface area contributed by atoms with Gasteiger partial charge in [-0.05, 0) is 13.8 Å². The maximum Gasteiger partial charge on any atom is 0.371 e. The van der Waals surface area contributed by atoms with Crippen LogP contribution >= 0.6 is 7.68 Å². The van der Waals surface area contributed by atoms with E-state index in [0.29, 0.717) is 0 Å². The van der Waals surface area contributed by atoms with E-state index in [1.54, 1.807) is 13.8 Å². The highest BCUT2D eigenvalue weighted by molar-refractivity contribution is 7.53. The van der Waals surface area contributed by atoms with Crippen LogP contribution in [0.1, 0.15) is 13.8 Å². The van der Waals surface area contributed by atoms with E-state index in [1.165, 1.54) is 6.08 Å². The summed E-state index contributed by atoms with van der Waals surface area (Å²) in [6.07, 6.45) is 0.713. The Morgan fingerprint density at radius 3 is 2.60 bits per heavy atom. The third-order valence-electron chi connectivity index (χ3n) is 0.715. The Hall–Kier alpha value is -0.140. The van der Waals surface area contributed by atoms with Crippen molar-refractivity contribution < 1.29 is 13.3 Å². The maximum atomic E-state index is 12.6. The van der Waals surface area contributed by atoms with E-state index in [-0.39, 0.29) is 12.3 Å². The van der Waals surface area contributed by atoms with Crippen LogP contribution in [0.15, 0.2) is 12.7 Å². The molecule has 0 bridgehead atoms. The average molecular weight is 166 g/mol. The van der Waals surface area contributed by atoms with Gasteiger partial charge in [0.05, 0.1) is 12.3 Å². The predicted molar refractivity (Wildman–Crippen MR) is 40.0 cm³/mol. The van der Waals surface area contributed by atoms with Crippen LogP contribution in [-0.4, -0.2) is 12.3 Å². The molecular weight excluding hydrogens is 154 g/mol. The molecule has 0 fully saturated rings. The van der Waals surface area contributed by atoms with Crippen molar-refractivity contribution in [3.8, 4) is 0 Å². The largest absolute Gasteiger partial charge is 0.371 e. The fraction of sp³-hybridized carbons (Fsp3) is 0.667. The van der Waals surface area contributed by atoms with Gasteiger partial charge in [0.15, 0.2) is 0 Å². The van der Waals surface area contributed by atoms with Crippen molar-refractivity contribution in [1.82, 2.24) is 0 Å². The Morgan fingerprint density at radius 2 is 2.30 bits per heavy atom. The van der Waals surface area contributed by atoms with Gasteiger partial charge in [-0.1, -0.05) is 6.08 Å². The molecule has 0 aliphatic carbocycles. The first-order chi connectivity index (χ1) is 4.48. The number of rotatable bonds is 4. The quantitative estimate of drug-likeness (QED) is 0.474. The Labute approximate surface area is 60.7 Å². The molecule has 0 saturated heterocycles. The highest BCUT2D eigenvalue weighted by Crippen LogP contribution is 2.49. The van der Waals surface area contributed by atoms with Crippen LogP contribution in [-0.2, 0) is 9.09 Å². The molecule has 0 aromatic rings. The van der Waals surface area contributed by atoms with Gasteiger partial charge in [-0.2, -0.15) is 4.20 Å². The average Bonchev–Trinajstić information content (AvgIpc) is 1.59. The van der Waals surface area contributed by atoms with E-state index in [2.05, 4.69) is 11.1 Å². The van der Waals surface area contributed by atoms with Crippen molar-refractivity contribution in [3.63, 3.8) is 0 Å². The topological polar surface area (TPSA) is 26.3 Å². The fourth-order valence-electron chi connectivity index (χ4n) is 0.512. The van der Waals surface area contributed by atoms with Gasteiger partial charge >= 0.3 is 7.68 Å². The van der Waals surface area contributed by atoms with Gasteiger partial charge in [-0.25, -0.2) is 0 Å². The summed E-state index contributed by atoms with van der Waals surface area (Å²) in [5.74, 6) is 0. The first-order valence-electron chi connectivity index (χ1n) is 3.06. The van der Waals surface area contributed by atoms with Crippen LogP contribution < -0.4 is 0 Å². The van der Waals surface area contributed by atoms with Crippen LogP contribution in [0.3, 0.4) is 0 Å². The molecule has 0 N–H and O–H groups in total. The molecule has 0 aromatic heterocycles. The van der Waals surface area contributed by atoms with E-state index in [9.17, 15) is 8.76 Å². The van der Waals surface area contributed by atoms with Gasteiger partial charge in [0.1, 0.15) is 0 Å². The van der Waals surface area contributed by atoms with Gasteiger partial charge in [-0.15, -0.1) is 6.58 Å². The summed E-state index contributed by atoms with van der Waals surface area (Å²) in [6.45, 7) is 6.53. The van der Waals surface area contributed by atoms with Crippen LogP contribution in [0, 0.1) is 0 Å². The monoisotopic (exact) mass is 166 g/mol. The summed E-state index contributed by atoms with van der Waals surface area (Å²) in [6, 6.07) is 0. The van der Waals surface area contributed by atoms with Crippen LogP contribution in [0.2, 0.25) is 0 Å². The lowest BCUT2D eigenvalue weighted by Crippen LogP contribution is -1.98. The molecule has 60 valence electrons. The van der Waals surface area contributed by atoms with E-state index in [0.717, 1.165) is 0 Å². The smallest absolute Gasteiger partial charge is 0.303 e. The molecule has 0 rings (SSSR count). The maximum absolute atomic E-state index is 12.6. The molecule has 0 aliphatic rings. The van der Waals surface area contributed by atoms with E-state index in [4.69, 9.17) is 0 Å². The predicted octanol–water partition coefficient (Wildman–Crippen LogP) is 2.76. The second-order valence-corrected chi connectivity index (χ2v) is 3.97. The Kier molecular flexibility index (Phi) is 3.84. The summed E-state index contributed by atoms with van der Waals surface area (Å²) in [5.41, 5.74) is 0. The molecule has 1 unspecified atom stereocenters. The number of hydrogen-bond acceptors (Lipinski definition) is 2. The summed E-state index contributed by atoms with van der Waals surface area (Å²) in [7, 11) is -3.87. The molecule has 0 aromatic carbocycles. The molecule has 0 spiro atoms. The Morgan fingerprint density at radius 1 is 1.80 bits per heavy atom. The highest BCUT2D eigenvalue weighted by Gasteiger charge is 2.20. The summed E-state index contributed by atoms with van der Waals surface area (Å²) >= 11 is 0. The Bertz CT molecular complexity index is 156. The van der Waals surface area contributed by atoms with Gasteiger partial charge in [0.2, 0.25) is 0 Å². The lowest BCUT2D eigenvalue weighted by Gasteiger charge is -2.09. The van der Waals surface area contributed by atoms with Gasteiger partial charge in [-0.3, -0.25) is 4.57 Å². The van der Waals surface area contributed by atoms with E-state index in [1.807, 2.05) is 0 Å². The van der Waals surface area contributed by atoms with E-state index < -0.39 is 7.68 Å². The zero-order valence-corrected chi connectivity index (χ0v) is 7.11. The van der Waals surface area contributed by atoms with Crippen molar-refractivity contribution >= 4 is 7.68 Å². The van der Waals surface area contributed by atoms with Crippen LogP contribution in [0.4, 0.5) is 4.20 Å². The third kappa shape index (κ3) is 4.71. The third-order valence-corrected chi connectivity index (χ3v) is 2.15. The van der Waals surface area contributed by atoms with Crippen molar-refractivity contribution in [3.05, 3.63) is 12.7 Å². The minimum absolute atomic E-state index is 0.203. The van der Waals surface area contributed by atoms with Gasteiger partial charge < -0.3 is 4.52 Å². The van der Waals surface area contributed by atoms with E-state index >= 15 is 0 Å². The number of halogens is 1. The Balaban J connectivity index is 3.87. The molecule has 0 saturated carbocycles. The lowest BCUT2D eigenvalue weighted by atomic mass is 10.5. The van der Waals surface area contributed by atoms with Gasteiger partial charge in [0.25, 0.3) is 0 Å². The molecular formula is C6H12FO2P. The number of hydrogen-bond donors (Lipinski definition) is 0. The molecule has 4 heteroatoms. The molecule has 1 atom stereocenters. The zero-order valence-electron chi connectivity index (χ0n) is 6.21. The normalized spacial score (nSPS) is 16.8. The van der Waals surface area contributed by atoms with Crippen molar-refractivity contribution in [2.24, 2.45) is 0 Å². The van der Waals surface area contributed by atoms with Crippen molar-refractivity contribution in [1.29, 1.82) is 0 Å². The summed E-state index contributed by atoms with van der Waals surface area (Å²) in [5, 5.41) is 0. The number of allylic oxidation sites excluding steroid dienone is 1. The van der Waals surface area contributed by atoms with Crippen molar-refractivity contribution in [2.45, 2.75) is 20.0 Å². The molecule has 0 radical (unpaired) electrons. The first kappa shape index (κ1) is 9.86. The molecule has 0 heterocycles. The molecule has 10 heavy (non-hydrogen) atoms. The lowest BCUT2D eigenvalue weighted by molar-refractivity contribution is 0.225. The summed E-state index contributed by atoms with van der Waals surface area (Å²) in [4.78, 5) is 0. The minimum Gasteiger partial charge on any atom is -0.303 e. The zero-order chi connectivity index (χ0) is 8.20. The molecule has 0 amide bonds. The fourth-order valence-corrected chi connectivity index (χ4v) is 1.54. The summed E-state index contributed by atoms with van der Waals surface area (Å²) < 4.78 is 27.8. The standard InChI is InChI=1S/C6H12FO2P/c1-4-5-10(7,8)9-6(2)3/h4,6H,1,5H2,2-3H3. The minimum atomic E-state index is -3.87. The SMILES string of the molecule is C=CCP(=O)(F)OC(C)C. The van der Waals surface area contributed by atoms with Gasteiger partial charge in [0, 0.05) is 0 Å². The second-order valence-electron chi connectivity index (χ2n) is 2.22. The van der Waals surface area contributed by atoms with Crippen molar-refractivity contribution in [2.75, 3.05) is 6.16 Å². The molecule has 2 nitrogen and oxygen atoms in total. The molecule has 0 aliphatic heterocycles.